The molecular weight excluding hydrogens is 201 g/mol. The van der Waals surface area contributed by atoms with Crippen LogP contribution in [0.1, 0.15) is 44.2 Å². The van der Waals surface area contributed by atoms with E-state index >= 15 is 0 Å². The maximum atomic E-state index is 12.9. The van der Waals surface area contributed by atoms with Gasteiger partial charge in [0.1, 0.15) is 5.82 Å². The fourth-order valence-corrected chi connectivity index (χ4v) is 1.91. The van der Waals surface area contributed by atoms with Crippen LogP contribution in [0.3, 0.4) is 0 Å². The molecule has 0 spiro atoms. The molecule has 0 saturated heterocycles. The number of benzene rings is 1. The smallest absolute Gasteiger partial charge is 0.123 e. The highest BCUT2D eigenvalue weighted by molar-refractivity contribution is 5.26. The molecule has 2 heteroatoms. The van der Waals surface area contributed by atoms with Crippen molar-refractivity contribution in [3.8, 4) is 0 Å². The quantitative estimate of drug-likeness (QED) is 0.773. The van der Waals surface area contributed by atoms with Gasteiger partial charge in [0.25, 0.3) is 0 Å². The van der Waals surface area contributed by atoms with Gasteiger partial charge < -0.3 is 5.32 Å². The maximum absolute atomic E-state index is 12.9. The molecule has 0 aromatic heterocycles. The van der Waals surface area contributed by atoms with Crippen LogP contribution in [0.15, 0.2) is 18.2 Å². The third kappa shape index (κ3) is 3.93. The van der Waals surface area contributed by atoms with Gasteiger partial charge in [-0.25, -0.2) is 4.39 Å². The summed E-state index contributed by atoms with van der Waals surface area (Å²) in [4.78, 5) is 0. The second-order valence-electron chi connectivity index (χ2n) is 4.35. The minimum Gasteiger partial charge on any atom is -0.310 e. The number of halogens is 1. The summed E-state index contributed by atoms with van der Waals surface area (Å²) < 4.78 is 12.9. The molecule has 0 aliphatic rings. The molecule has 1 N–H and O–H groups in total. The van der Waals surface area contributed by atoms with Crippen LogP contribution in [0.25, 0.3) is 0 Å². The number of hydrogen-bond acceptors (Lipinski definition) is 1. The summed E-state index contributed by atoms with van der Waals surface area (Å²) in [6.45, 7) is 7.20. The van der Waals surface area contributed by atoms with E-state index in [0.717, 1.165) is 18.5 Å². The lowest BCUT2D eigenvalue weighted by molar-refractivity contribution is 0.462. The fraction of sp³-hybridized carbons (Fsp3) is 0.571. The van der Waals surface area contributed by atoms with Crippen LogP contribution in [-0.2, 0) is 6.54 Å². The molecule has 0 aliphatic heterocycles. The van der Waals surface area contributed by atoms with Crippen molar-refractivity contribution in [2.24, 2.45) is 0 Å². The molecule has 1 aromatic rings. The Morgan fingerprint density at radius 3 is 2.62 bits per heavy atom. The predicted molar refractivity (Wildman–Crippen MR) is 67.0 cm³/mol. The van der Waals surface area contributed by atoms with E-state index in [4.69, 9.17) is 0 Å². The van der Waals surface area contributed by atoms with Crippen LogP contribution < -0.4 is 5.32 Å². The highest BCUT2D eigenvalue weighted by Gasteiger charge is 2.05. The van der Waals surface area contributed by atoms with E-state index in [0.29, 0.717) is 6.04 Å². The predicted octanol–water partition coefficient (Wildman–Crippen LogP) is 3.80. The molecule has 0 aliphatic carbocycles. The third-order valence-corrected chi connectivity index (χ3v) is 3.02. The molecule has 1 atom stereocenters. The molecule has 1 nitrogen and oxygen atoms in total. The topological polar surface area (TPSA) is 12.0 Å². The molecule has 16 heavy (non-hydrogen) atoms. The average Bonchev–Trinajstić information content (AvgIpc) is 2.26. The molecule has 0 amide bonds. The minimum atomic E-state index is -0.151. The summed E-state index contributed by atoms with van der Waals surface area (Å²) >= 11 is 0. The lowest BCUT2D eigenvalue weighted by Gasteiger charge is -2.16. The van der Waals surface area contributed by atoms with Gasteiger partial charge in [-0.3, -0.25) is 0 Å². The molecule has 90 valence electrons. The van der Waals surface area contributed by atoms with Crippen LogP contribution >= 0.6 is 0 Å². The molecule has 0 fully saturated rings. The molecule has 0 radical (unpaired) electrons. The second kappa shape index (κ2) is 6.64. The van der Waals surface area contributed by atoms with Crippen molar-refractivity contribution in [2.75, 3.05) is 0 Å². The zero-order chi connectivity index (χ0) is 12.0. The standard InChI is InChI=1S/C14H22FN/c1-4-6-14(5-2)16-10-12-7-8-13(15)9-11(12)3/h7-9,14,16H,4-6,10H2,1-3H3. The first-order valence-electron chi connectivity index (χ1n) is 6.15. The molecule has 0 heterocycles. The van der Waals surface area contributed by atoms with E-state index in [9.17, 15) is 4.39 Å². The molecule has 1 rings (SSSR count). The Morgan fingerprint density at radius 2 is 2.06 bits per heavy atom. The Morgan fingerprint density at radius 1 is 1.31 bits per heavy atom. The van der Waals surface area contributed by atoms with Gasteiger partial charge in [-0.1, -0.05) is 26.3 Å². The summed E-state index contributed by atoms with van der Waals surface area (Å²) in [5.74, 6) is -0.151. The van der Waals surface area contributed by atoms with Gasteiger partial charge in [-0.2, -0.15) is 0 Å². The Kier molecular flexibility index (Phi) is 5.47. The first-order chi connectivity index (χ1) is 7.67. The van der Waals surface area contributed by atoms with Crippen molar-refractivity contribution in [3.63, 3.8) is 0 Å². The van der Waals surface area contributed by atoms with Gasteiger partial charge in [-0.05, 0) is 43.0 Å². The SMILES string of the molecule is CCCC(CC)NCc1ccc(F)cc1C. The Balaban J connectivity index is 2.53. The van der Waals surface area contributed by atoms with Gasteiger partial charge >= 0.3 is 0 Å². The largest absolute Gasteiger partial charge is 0.310 e. The van der Waals surface area contributed by atoms with E-state index in [2.05, 4.69) is 19.2 Å². The Bertz CT molecular complexity index is 323. The van der Waals surface area contributed by atoms with Gasteiger partial charge in [0, 0.05) is 12.6 Å². The van der Waals surface area contributed by atoms with E-state index < -0.39 is 0 Å². The van der Waals surface area contributed by atoms with Crippen LogP contribution in [0, 0.1) is 12.7 Å². The lowest BCUT2D eigenvalue weighted by Crippen LogP contribution is -2.27. The average molecular weight is 223 g/mol. The number of nitrogens with one attached hydrogen (secondary N) is 1. The van der Waals surface area contributed by atoms with Crippen molar-refractivity contribution in [3.05, 3.63) is 35.1 Å². The van der Waals surface area contributed by atoms with Gasteiger partial charge in [0.05, 0.1) is 0 Å². The second-order valence-corrected chi connectivity index (χ2v) is 4.35. The lowest BCUT2D eigenvalue weighted by atomic mass is 10.1. The summed E-state index contributed by atoms with van der Waals surface area (Å²) in [5.41, 5.74) is 2.22. The van der Waals surface area contributed by atoms with Crippen LogP contribution in [-0.4, -0.2) is 6.04 Å². The Labute approximate surface area is 98.1 Å². The number of hydrogen-bond donors (Lipinski definition) is 1. The van der Waals surface area contributed by atoms with E-state index in [1.807, 2.05) is 13.0 Å². The normalized spacial score (nSPS) is 12.8. The zero-order valence-electron chi connectivity index (χ0n) is 10.5. The maximum Gasteiger partial charge on any atom is 0.123 e. The summed E-state index contributed by atoms with van der Waals surface area (Å²) in [6.07, 6.45) is 3.55. The van der Waals surface area contributed by atoms with Crippen molar-refractivity contribution in [1.82, 2.24) is 5.32 Å². The van der Waals surface area contributed by atoms with Crippen LogP contribution in [0.5, 0.6) is 0 Å². The van der Waals surface area contributed by atoms with Crippen molar-refractivity contribution in [2.45, 2.75) is 52.6 Å². The molecular formula is C14H22FN. The zero-order valence-corrected chi connectivity index (χ0v) is 10.5. The van der Waals surface area contributed by atoms with E-state index in [1.54, 1.807) is 6.07 Å². The first-order valence-corrected chi connectivity index (χ1v) is 6.15. The Hall–Kier alpha value is -0.890. The van der Waals surface area contributed by atoms with Crippen LogP contribution in [0.4, 0.5) is 4.39 Å². The molecule has 0 bridgehead atoms. The van der Waals surface area contributed by atoms with Crippen molar-refractivity contribution in [1.29, 1.82) is 0 Å². The monoisotopic (exact) mass is 223 g/mol. The van der Waals surface area contributed by atoms with E-state index in [-0.39, 0.29) is 5.82 Å². The third-order valence-electron chi connectivity index (χ3n) is 3.02. The molecule has 1 unspecified atom stereocenters. The van der Waals surface area contributed by atoms with Crippen LogP contribution in [0.2, 0.25) is 0 Å². The molecule has 1 aromatic carbocycles. The number of rotatable bonds is 6. The minimum absolute atomic E-state index is 0.151. The fourth-order valence-electron chi connectivity index (χ4n) is 1.91. The highest BCUT2D eigenvalue weighted by atomic mass is 19.1. The van der Waals surface area contributed by atoms with Gasteiger partial charge in [0.2, 0.25) is 0 Å². The highest BCUT2D eigenvalue weighted by Crippen LogP contribution is 2.11. The van der Waals surface area contributed by atoms with Gasteiger partial charge in [0.15, 0.2) is 0 Å². The van der Waals surface area contributed by atoms with Crippen molar-refractivity contribution < 1.29 is 4.39 Å². The van der Waals surface area contributed by atoms with Gasteiger partial charge in [-0.15, -0.1) is 0 Å². The molecule has 0 saturated carbocycles. The van der Waals surface area contributed by atoms with E-state index in [1.165, 1.54) is 24.5 Å². The summed E-state index contributed by atoms with van der Waals surface area (Å²) in [5, 5.41) is 3.52. The van der Waals surface area contributed by atoms with Crippen molar-refractivity contribution >= 4 is 0 Å². The summed E-state index contributed by atoms with van der Waals surface area (Å²) in [6, 6.07) is 5.58. The summed E-state index contributed by atoms with van der Waals surface area (Å²) in [7, 11) is 0. The number of aryl methyl sites for hydroxylation is 1. The first kappa shape index (κ1) is 13.2.